The van der Waals surface area contributed by atoms with Crippen molar-refractivity contribution in [1.29, 1.82) is 0 Å². The highest BCUT2D eigenvalue weighted by Crippen LogP contribution is 2.36. The van der Waals surface area contributed by atoms with E-state index in [-0.39, 0.29) is 5.56 Å². The molecule has 2 atom stereocenters. The Balaban J connectivity index is 2.18. The van der Waals surface area contributed by atoms with Crippen LogP contribution in [0.4, 0.5) is 0 Å². The molecule has 0 fully saturated rings. The van der Waals surface area contributed by atoms with Crippen molar-refractivity contribution in [2.24, 2.45) is 11.7 Å². The first-order valence-electron chi connectivity index (χ1n) is 8.04. The third kappa shape index (κ3) is 3.02. The first kappa shape index (κ1) is 17.2. The van der Waals surface area contributed by atoms with Crippen molar-refractivity contribution in [2.45, 2.75) is 50.1 Å². The number of aryl methyl sites for hydroxylation is 1. The average molecular weight is 364 g/mol. The van der Waals surface area contributed by atoms with Crippen molar-refractivity contribution in [3.8, 4) is 0 Å². The van der Waals surface area contributed by atoms with Crippen molar-refractivity contribution >= 4 is 39.2 Å². The van der Waals surface area contributed by atoms with Crippen molar-refractivity contribution in [3.05, 3.63) is 33.4 Å². The van der Waals surface area contributed by atoms with E-state index in [1.54, 1.807) is 28.9 Å². The number of hydrogen-bond acceptors (Lipinski definition) is 5. The van der Waals surface area contributed by atoms with Gasteiger partial charge in [-0.25, -0.2) is 4.98 Å². The predicted molar refractivity (Wildman–Crippen MR) is 99.8 cm³/mol. The van der Waals surface area contributed by atoms with Crippen molar-refractivity contribution in [1.82, 2.24) is 9.55 Å². The second-order valence-electron chi connectivity index (χ2n) is 6.29. The summed E-state index contributed by atoms with van der Waals surface area (Å²) in [4.78, 5) is 31.2. The summed E-state index contributed by atoms with van der Waals surface area (Å²) in [5, 5.41) is 0.838. The number of amides is 1. The van der Waals surface area contributed by atoms with E-state index in [1.807, 2.05) is 0 Å². The first-order chi connectivity index (χ1) is 11.4. The van der Waals surface area contributed by atoms with Gasteiger partial charge in [0.2, 0.25) is 5.91 Å². The van der Waals surface area contributed by atoms with Gasteiger partial charge in [0.15, 0.2) is 5.16 Å². The Morgan fingerprint density at radius 2 is 2.38 bits per heavy atom. The molecule has 0 radical (unpaired) electrons. The van der Waals surface area contributed by atoms with E-state index >= 15 is 0 Å². The number of rotatable bonds is 5. The molecule has 0 spiro atoms. The maximum absolute atomic E-state index is 13.1. The lowest BCUT2D eigenvalue weighted by molar-refractivity contribution is -0.117. The highest BCUT2D eigenvalue weighted by atomic mass is 32.2. The number of nitrogens with two attached hydrogens (primary N) is 1. The zero-order chi connectivity index (χ0) is 17.4. The second-order valence-corrected chi connectivity index (χ2v) is 8.68. The van der Waals surface area contributed by atoms with E-state index in [1.165, 1.54) is 22.2 Å². The first-order valence-corrected chi connectivity index (χ1v) is 9.74. The number of thioether (sulfide) groups is 1. The zero-order valence-corrected chi connectivity index (χ0v) is 15.5. The van der Waals surface area contributed by atoms with Gasteiger partial charge in [0.1, 0.15) is 4.83 Å². The second kappa shape index (κ2) is 6.72. The Hall–Kier alpha value is -1.60. The largest absolute Gasteiger partial charge is 0.369 e. The minimum atomic E-state index is -0.444. The van der Waals surface area contributed by atoms with E-state index in [0.29, 0.717) is 17.6 Å². The van der Waals surface area contributed by atoms with Crippen molar-refractivity contribution in [2.75, 3.05) is 0 Å². The normalized spacial score (nSPS) is 18.3. The quantitative estimate of drug-likeness (QED) is 0.503. The van der Waals surface area contributed by atoms with Crippen LogP contribution in [0.3, 0.4) is 0 Å². The highest BCUT2D eigenvalue weighted by Gasteiger charge is 2.25. The Bertz CT molecular complexity index is 869. The molecule has 24 heavy (non-hydrogen) atoms. The predicted octanol–water partition coefficient (Wildman–Crippen LogP) is 2.73. The smallest absolute Gasteiger partial charge is 0.263 e. The van der Waals surface area contributed by atoms with E-state index in [9.17, 15) is 9.59 Å². The van der Waals surface area contributed by atoms with Crippen LogP contribution in [0.1, 0.15) is 30.7 Å². The zero-order valence-electron chi connectivity index (χ0n) is 13.9. The lowest BCUT2D eigenvalue weighted by Gasteiger charge is -2.17. The SMILES string of the molecule is C=CCn1c(S[C@H](C)C(N)=O)nc2sc3c(c2c1=O)CC[C@H](C)C3. The number of nitrogens with zero attached hydrogens (tertiary/aromatic N) is 2. The summed E-state index contributed by atoms with van der Waals surface area (Å²) in [5.74, 6) is 0.225. The molecule has 0 bridgehead atoms. The summed E-state index contributed by atoms with van der Waals surface area (Å²) in [6.07, 6.45) is 4.73. The standard InChI is InChI=1S/C17H21N3O2S2/c1-4-7-20-16(22)13-11-6-5-9(2)8-12(11)24-15(13)19-17(20)23-10(3)14(18)21/h4,9-10H,1,5-8H2,2-3H3,(H2,18,21)/t9-,10+/m0/s1. The van der Waals surface area contributed by atoms with Gasteiger partial charge >= 0.3 is 0 Å². The van der Waals surface area contributed by atoms with Crippen molar-refractivity contribution < 1.29 is 4.79 Å². The summed E-state index contributed by atoms with van der Waals surface area (Å²) >= 11 is 2.84. The number of allylic oxidation sites excluding steroid dienone is 1. The molecule has 1 aliphatic rings. The van der Waals surface area contributed by atoms with Crippen LogP contribution in [-0.2, 0) is 24.2 Å². The van der Waals surface area contributed by atoms with Gasteiger partial charge in [0, 0.05) is 11.4 Å². The molecule has 0 saturated carbocycles. The minimum absolute atomic E-state index is 0.0360. The molecule has 0 aromatic carbocycles. The number of carbonyl (C=O) groups is 1. The van der Waals surface area contributed by atoms with Crippen LogP contribution in [0.25, 0.3) is 10.2 Å². The molecule has 2 aromatic heterocycles. The van der Waals surface area contributed by atoms with Crippen LogP contribution < -0.4 is 11.3 Å². The summed E-state index contributed by atoms with van der Waals surface area (Å²) in [6, 6.07) is 0. The van der Waals surface area contributed by atoms with Gasteiger partial charge in [-0.15, -0.1) is 17.9 Å². The fourth-order valence-corrected chi connectivity index (χ4v) is 5.29. The summed E-state index contributed by atoms with van der Waals surface area (Å²) < 4.78 is 1.60. The van der Waals surface area contributed by atoms with Crippen molar-refractivity contribution in [3.63, 3.8) is 0 Å². The molecular formula is C17H21N3O2S2. The summed E-state index contributed by atoms with van der Waals surface area (Å²) in [7, 11) is 0. The third-order valence-electron chi connectivity index (χ3n) is 4.37. The van der Waals surface area contributed by atoms with Gasteiger partial charge in [0.25, 0.3) is 5.56 Å². The van der Waals surface area contributed by atoms with Crippen LogP contribution in [0, 0.1) is 5.92 Å². The monoisotopic (exact) mass is 363 g/mol. The summed E-state index contributed by atoms with van der Waals surface area (Å²) in [6.45, 7) is 8.07. The number of fused-ring (bicyclic) bond motifs is 3. The minimum Gasteiger partial charge on any atom is -0.369 e. The van der Waals surface area contributed by atoms with Gasteiger partial charge in [0.05, 0.1) is 10.6 Å². The molecule has 0 aliphatic heterocycles. The van der Waals surface area contributed by atoms with Gasteiger partial charge in [-0.2, -0.15) is 0 Å². The molecule has 5 nitrogen and oxygen atoms in total. The Labute approximate surface area is 149 Å². The van der Waals surface area contributed by atoms with Crippen LogP contribution >= 0.6 is 23.1 Å². The molecule has 2 heterocycles. The molecule has 128 valence electrons. The van der Waals surface area contributed by atoms with Crippen LogP contribution in [-0.4, -0.2) is 20.7 Å². The van der Waals surface area contributed by atoms with E-state index in [2.05, 4.69) is 13.5 Å². The third-order valence-corrected chi connectivity index (χ3v) is 6.63. The lowest BCUT2D eigenvalue weighted by Crippen LogP contribution is -2.27. The molecule has 2 aromatic rings. The van der Waals surface area contributed by atoms with E-state index in [4.69, 9.17) is 10.7 Å². The molecule has 7 heteroatoms. The number of thiophene rings is 1. The van der Waals surface area contributed by atoms with Crippen LogP contribution in [0.5, 0.6) is 0 Å². The number of primary amides is 1. The summed E-state index contributed by atoms with van der Waals surface area (Å²) in [5.41, 5.74) is 6.49. The molecule has 0 saturated heterocycles. The van der Waals surface area contributed by atoms with E-state index in [0.717, 1.165) is 29.5 Å². The molecule has 1 aliphatic carbocycles. The highest BCUT2D eigenvalue weighted by molar-refractivity contribution is 8.00. The molecule has 0 unspecified atom stereocenters. The fourth-order valence-electron chi connectivity index (χ4n) is 3.00. The Morgan fingerprint density at radius 1 is 1.62 bits per heavy atom. The molecule has 2 N–H and O–H groups in total. The lowest BCUT2D eigenvalue weighted by atomic mass is 9.89. The maximum Gasteiger partial charge on any atom is 0.263 e. The molecule has 3 rings (SSSR count). The van der Waals surface area contributed by atoms with Gasteiger partial charge < -0.3 is 5.73 Å². The number of aromatic nitrogens is 2. The van der Waals surface area contributed by atoms with Gasteiger partial charge in [-0.1, -0.05) is 24.8 Å². The van der Waals surface area contributed by atoms with Crippen LogP contribution in [0.2, 0.25) is 0 Å². The number of hydrogen-bond donors (Lipinski definition) is 1. The van der Waals surface area contributed by atoms with Gasteiger partial charge in [-0.05, 0) is 37.7 Å². The topological polar surface area (TPSA) is 78.0 Å². The van der Waals surface area contributed by atoms with Crippen LogP contribution in [0.15, 0.2) is 22.6 Å². The Morgan fingerprint density at radius 3 is 3.04 bits per heavy atom. The molecular weight excluding hydrogens is 342 g/mol. The van der Waals surface area contributed by atoms with Gasteiger partial charge in [-0.3, -0.25) is 14.2 Å². The van der Waals surface area contributed by atoms with E-state index < -0.39 is 11.2 Å². The number of carbonyl (C=O) groups excluding carboxylic acids is 1. The molecule has 1 amide bonds. The average Bonchev–Trinajstić information content (AvgIpc) is 2.88. The fraction of sp³-hybridized carbons (Fsp3) is 0.471. The Kier molecular flexibility index (Phi) is 4.83. The maximum atomic E-state index is 13.1.